The summed E-state index contributed by atoms with van der Waals surface area (Å²) in [6.45, 7) is 8.19. The number of hydrogen-bond donors (Lipinski definition) is 2. The summed E-state index contributed by atoms with van der Waals surface area (Å²) in [5.41, 5.74) is -0.195. The van der Waals surface area contributed by atoms with E-state index in [4.69, 9.17) is 5.26 Å². The molecule has 0 aliphatic heterocycles. The van der Waals surface area contributed by atoms with E-state index >= 15 is 0 Å². The maximum atomic E-state index is 11.6. The number of carbonyl (C=O) groups excluding carboxylic acids is 1. The van der Waals surface area contributed by atoms with Crippen LogP contribution in [0.2, 0.25) is 0 Å². The zero-order chi connectivity index (χ0) is 19.8. The van der Waals surface area contributed by atoms with Crippen molar-refractivity contribution in [2.24, 2.45) is 11.3 Å². The van der Waals surface area contributed by atoms with Crippen LogP contribution in [0.4, 0.5) is 0 Å². The second-order valence-electron chi connectivity index (χ2n) is 8.53. The van der Waals surface area contributed by atoms with Crippen molar-refractivity contribution in [1.29, 1.82) is 0 Å². The Bertz CT molecular complexity index is 371. The first kappa shape index (κ1) is 25.1. The molecule has 2 atom stereocenters. The van der Waals surface area contributed by atoms with E-state index in [1.165, 1.54) is 19.3 Å². The highest BCUT2D eigenvalue weighted by atomic mass is 17.1. The smallest absolute Gasteiger partial charge is 0.345 e. The van der Waals surface area contributed by atoms with Gasteiger partial charge in [-0.05, 0) is 37.5 Å². The molecule has 1 unspecified atom stereocenters. The summed E-state index contributed by atoms with van der Waals surface area (Å²) >= 11 is 0. The highest BCUT2D eigenvalue weighted by Crippen LogP contribution is 2.31. The number of aliphatic hydroxyl groups excluding tert-OH is 1. The lowest BCUT2D eigenvalue weighted by Crippen LogP contribution is -2.29. The van der Waals surface area contributed by atoms with Crippen molar-refractivity contribution in [1.82, 2.24) is 0 Å². The highest BCUT2D eigenvalue weighted by Gasteiger charge is 2.32. The van der Waals surface area contributed by atoms with E-state index in [9.17, 15) is 9.90 Å². The van der Waals surface area contributed by atoms with Gasteiger partial charge in [0.25, 0.3) is 0 Å². The van der Waals surface area contributed by atoms with Gasteiger partial charge in [0.15, 0.2) is 0 Å². The minimum absolute atomic E-state index is 0.191. The van der Waals surface area contributed by atoms with Crippen LogP contribution in [0, 0.1) is 11.3 Å². The summed E-state index contributed by atoms with van der Waals surface area (Å²) in [6, 6.07) is 0. The van der Waals surface area contributed by atoms with Crippen LogP contribution in [-0.2, 0) is 9.68 Å². The first-order chi connectivity index (χ1) is 12.3. The quantitative estimate of drug-likeness (QED) is 0.154. The Kier molecular flexibility index (Phi) is 14.7. The molecule has 0 amide bonds. The van der Waals surface area contributed by atoms with E-state index in [-0.39, 0.29) is 17.4 Å². The molecule has 0 aromatic rings. The van der Waals surface area contributed by atoms with Gasteiger partial charge in [-0.1, -0.05) is 84.8 Å². The zero-order valence-corrected chi connectivity index (χ0v) is 17.5. The third-order valence-electron chi connectivity index (χ3n) is 5.00. The van der Waals surface area contributed by atoms with E-state index < -0.39 is 5.97 Å². The summed E-state index contributed by atoms with van der Waals surface area (Å²) in [4.78, 5) is 15.6. The molecule has 0 aliphatic carbocycles. The minimum atomic E-state index is -0.520. The predicted octanol–water partition coefficient (Wildman–Crippen LogP) is 6.28. The SMILES string of the molecule is CCCCCC[C@@H](O)CC=CCCCCCCC(C(=O)OO)C(C)(C)C. The molecule has 0 aliphatic rings. The molecule has 0 heterocycles. The lowest BCUT2D eigenvalue weighted by Gasteiger charge is -2.27. The molecule has 26 heavy (non-hydrogen) atoms. The van der Waals surface area contributed by atoms with Crippen LogP contribution in [0.3, 0.4) is 0 Å². The molecule has 0 saturated heterocycles. The molecular formula is C22H42O4. The van der Waals surface area contributed by atoms with Gasteiger partial charge in [0, 0.05) is 0 Å². The van der Waals surface area contributed by atoms with E-state index in [0.29, 0.717) is 0 Å². The number of unbranched alkanes of at least 4 members (excludes halogenated alkanes) is 7. The van der Waals surface area contributed by atoms with Crippen molar-refractivity contribution in [3.8, 4) is 0 Å². The molecule has 2 N–H and O–H groups in total. The van der Waals surface area contributed by atoms with E-state index in [2.05, 4.69) is 24.0 Å². The second kappa shape index (κ2) is 15.2. The summed E-state index contributed by atoms with van der Waals surface area (Å²) in [5, 5.41) is 18.5. The lowest BCUT2D eigenvalue weighted by molar-refractivity contribution is -0.242. The van der Waals surface area contributed by atoms with E-state index in [0.717, 1.165) is 57.8 Å². The summed E-state index contributed by atoms with van der Waals surface area (Å²) in [5.74, 6) is -0.778. The summed E-state index contributed by atoms with van der Waals surface area (Å²) in [7, 11) is 0. The van der Waals surface area contributed by atoms with Gasteiger partial charge in [0.2, 0.25) is 0 Å². The second-order valence-corrected chi connectivity index (χ2v) is 8.53. The summed E-state index contributed by atoms with van der Waals surface area (Å²) in [6.07, 6.45) is 16.7. The first-order valence-corrected chi connectivity index (χ1v) is 10.5. The van der Waals surface area contributed by atoms with Crippen LogP contribution in [0.5, 0.6) is 0 Å². The van der Waals surface area contributed by atoms with Crippen LogP contribution >= 0.6 is 0 Å². The predicted molar refractivity (Wildman–Crippen MR) is 108 cm³/mol. The van der Waals surface area contributed by atoms with Gasteiger partial charge >= 0.3 is 5.97 Å². The molecule has 4 nitrogen and oxygen atoms in total. The van der Waals surface area contributed by atoms with Gasteiger partial charge in [-0.25, -0.2) is 4.79 Å². The van der Waals surface area contributed by atoms with E-state index in [1.54, 1.807) is 0 Å². The largest absolute Gasteiger partial charge is 0.393 e. The number of carbonyl (C=O) groups is 1. The van der Waals surface area contributed by atoms with Crippen LogP contribution in [0.15, 0.2) is 12.2 Å². The third kappa shape index (κ3) is 13.3. The number of rotatable bonds is 15. The van der Waals surface area contributed by atoms with Crippen LogP contribution in [0.1, 0.15) is 105 Å². The average Bonchev–Trinajstić information content (AvgIpc) is 2.58. The Hall–Kier alpha value is -0.870. The maximum Gasteiger partial charge on any atom is 0.345 e. The van der Waals surface area contributed by atoms with Gasteiger partial charge in [0.05, 0.1) is 12.0 Å². The lowest BCUT2D eigenvalue weighted by atomic mass is 9.78. The van der Waals surface area contributed by atoms with Crippen molar-refractivity contribution >= 4 is 5.97 Å². The Labute approximate surface area is 161 Å². The van der Waals surface area contributed by atoms with Gasteiger partial charge in [-0.3, -0.25) is 0 Å². The number of aliphatic hydroxyl groups is 1. The average molecular weight is 371 g/mol. The number of allylic oxidation sites excluding steroid dienone is 1. The molecule has 0 rings (SSSR count). The zero-order valence-electron chi connectivity index (χ0n) is 17.5. The maximum absolute atomic E-state index is 11.6. The Morgan fingerprint density at radius 3 is 2.19 bits per heavy atom. The fraction of sp³-hybridized carbons (Fsp3) is 0.864. The van der Waals surface area contributed by atoms with E-state index in [1.807, 2.05) is 20.8 Å². The van der Waals surface area contributed by atoms with Crippen molar-refractivity contribution in [3.05, 3.63) is 12.2 Å². The molecule has 0 bridgehead atoms. The Morgan fingerprint density at radius 1 is 0.962 bits per heavy atom. The molecule has 0 saturated carbocycles. The molecule has 0 spiro atoms. The molecule has 4 heteroatoms. The topological polar surface area (TPSA) is 66.8 Å². The Morgan fingerprint density at radius 2 is 1.58 bits per heavy atom. The molecule has 154 valence electrons. The molecule has 0 aromatic carbocycles. The van der Waals surface area contributed by atoms with Crippen LogP contribution in [-0.4, -0.2) is 22.4 Å². The molecular weight excluding hydrogens is 328 g/mol. The van der Waals surface area contributed by atoms with Gasteiger partial charge in [-0.15, -0.1) is 0 Å². The molecule has 0 aromatic heterocycles. The van der Waals surface area contributed by atoms with Gasteiger partial charge in [-0.2, -0.15) is 5.26 Å². The first-order valence-electron chi connectivity index (χ1n) is 10.5. The van der Waals surface area contributed by atoms with Crippen molar-refractivity contribution < 1.29 is 20.0 Å². The Balaban J connectivity index is 3.69. The fourth-order valence-corrected chi connectivity index (χ4v) is 3.23. The van der Waals surface area contributed by atoms with Crippen molar-refractivity contribution in [3.63, 3.8) is 0 Å². The number of hydrogen-bond acceptors (Lipinski definition) is 4. The highest BCUT2D eigenvalue weighted by molar-refractivity contribution is 5.72. The van der Waals surface area contributed by atoms with Crippen molar-refractivity contribution in [2.75, 3.05) is 0 Å². The summed E-state index contributed by atoms with van der Waals surface area (Å²) < 4.78 is 0. The fourth-order valence-electron chi connectivity index (χ4n) is 3.23. The van der Waals surface area contributed by atoms with Crippen molar-refractivity contribution in [2.45, 2.75) is 111 Å². The standard InChI is InChI=1S/C22H42O4/c1-5-6-7-13-16-19(23)17-14-11-9-8-10-12-15-18-20(21(24)26-25)22(2,3)4/h11,14,19-20,23,25H,5-10,12-13,15-18H2,1-4H3/t19-,20?/m1/s1. The van der Waals surface area contributed by atoms with Gasteiger partial charge in [0.1, 0.15) is 0 Å². The molecule has 0 fully saturated rings. The third-order valence-corrected chi connectivity index (χ3v) is 5.00. The monoisotopic (exact) mass is 370 g/mol. The normalized spacial score (nSPS) is 14.5. The van der Waals surface area contributed by atoms with Crippen LogP contribution < -0.4 is 0 Å². The minimum Gasteiger partial charge on any atom is -0.393 e. The van der Waals surface area contributed by atoms with Crippen LogP contribution in [0.25, 0.3) is 0 Å². The van der Waals surface area contributed by atoms with Gasteiger partial charge < -0.3 is 9.99 Å². The molecule has 0 radical (unpaired) electrons.